The number of ether oxygens (including phenoxy) is 3. The zero-order valence-corrected chi connectivity index (χ0v) is 17.1. The lowest BCUT2D eigenvalue weighted by atomic mass is 10.1. The lowest BCUT2D eigenvalue weighted by molar-refractivity contribution is -0.120. The minimum absolute atomic E-state index is 0. The Morgan fingerprint density at radius 3 is 2.59 bits per heavy atom. The van der Waals surface area contributed by atoms with Crippen molar-refractivity contribution in [1.82, 2.24) is 10.6 Å². The molecule has 0 saturated carbocycles. The Bertz CT molecular complexity index is 703. The molecule has 1 aromatic rings. The lowest BCUT2D eigenvalue weighted by Crippen LogP contribution is -2.49. The molecule has 11 heteroatoms. The number of hydrogen-bond donors (Lipinski definition) is 3. The molecule has 0 radical (unpaired) electrons. The smallest absolute Gasteiger partial charge is 0.328 e. The van der Waals surface area contributed by atoms with Crippen molar-refractivity contribution in [2.45, 2.75) is 6.42 Å². The Labute approximate surface area is 175 Å². The van der Waals surface area contributed by atoms with Gasteiger partial charge in [-0.3, -0.25) is 19.8 Å². The van der Waals surface area contributed by atoms with E-state index in [0.29, 0.717) is 56.5 Å². The van der Waals surface area contributed by atoms with Crippen LogP contribution in [0.5, 0.6) is 5.75 Å². The number of rotatable bonds is 11. The molecule has 0 spiro atoms. The second-order valence-corrected chi connectivity index (χ2v) is 5.91. The molecule has 1 heterocycles. The Morgan fingerprint density at radius 2 is 1.93 bits per heavy atom. The van der Waals surface area contributed by atoms with Gasteiger partial charge in [-0.15, -0.1) is 12.4 Å². The SMILES string of the molecule is COc1cc(C(=O)NCCOCCOCCN)ccc1N1CCC(=O)NC1=O.Cl. The quantitative estimate of drug-likeness (QED) is 0.429. The third-order valence-corrected chi connectivity index (χ3v) is 3.95. The highest BCUT2D eigenvalue weighted by Gasteiger charge is 2.26. The van der Waals surface area contributed by atoms with Crippen LogP contribution in [-0.2, 0) is 14.3 Å². The van der Waals surface area contributed by atoms with Gasteiger partial charge in [-0.05, 0) is 18.2 Å². The number of hydrogen-bond acceptors (Lipinski definition) is 7. The minimum atomic E-state index is -0.514. The van der Waals surface area contributed by atoms with Crippen molar-refractivity contribution in [1.29, 1.82) is 0 Å². The average molecular weight is 431 g/mol. The summed E-state index contributed by atoms with van der Waals surface area (Å²) >= 11 is 0. The summed E-state index contributed by atoms with van der Waals surface area (Å²) in [6, 6.07) is 4.25. The first-order valence-corrected chi connectivity index (χ1v) is 9.00. The van der Waals surface area contributed by atoms with E-state index in [1.807, 2.05) is 0 Å². The number of benzene rings is 1. The fourth-order valence-electron chi connectivity index (χ4n) is 2.58. The fraction of sp³-hybridized carbons (Fsp3) is 0.500. The maximum atomic E-state index is 12.3. The molecule has 0 atom stereocenters. The second kappa shape index (κ2) is 12.9. The summed E-state index contributed by atoms with van der Waals surface area (Å²) < 4.78 is 15.8. The van der Waals surface area contributed by atoms with Crippen molar-refractivity contribution >= 4 is 35.9 Å². The van der Waals surface area contributed by atoms with E-state index >= 15 is 0 Å². The number of imide groups is 1. The molecule has 10 nitrogen and oxygen atoms in total. The Morgan fingerprint density at radius 1 is 1.21 bits per heavy atom. The van der Waals surface area contributed by atoms with E-state index in [1.54, 1.807) is 18.2 Å². The molecule has 1 saturated heterocycles. The second-order valence-electron chi connectivity index (χ2n) is 5.91. The zero-order chi connectivity index (χ0) is 20.4. The molecular formula is C18H27ClN4O6. The summed E-state index contributed by atoms with van der Waals surface area (Å²) in [7, 11) is 1.45. The Hall–Kier alpha value is -2.40. The van der Waals surface area contributed by atoms with Crippen LogP contribution in [0.2, 0.25) is 0 Å². The summed E-state index contributed by atoms with van der Waals surface area (Å²) in [6.07, 6.45) is 0.203. The van der Waals surface area contributed by atoms with Crippen LogP contribution >= 0.6 is 12.4 Å². The Balaban J connectivity index is 0.00000420. The van der Waals surface area contributed by atoms with Gasteiger partial charge in [0.1, 0.15) is 5.75 Å². The van der Waals surface area contributed by atoms with Crippen molar-refractivity contribution in [3.63, 3.8) is 0 Å². The molecule has 1 aliphatic heterocycles. The molecule has 0 aromatic heterocycles. The van der Waals surface area contributed by atoms with E-state index in [0.717, 1.165) is 0 Å². The van der Waals surface area contributed by atoms with Gasteiger partial charge in [0, 0.05) is 31.6 Å². The third-order valence-electron chi connectivity index (χ3n) is 3.95. The molecule has 0 bridgehead atoms. The monoisotopic (exact) mass is 430 g/mol. The summed E-state index contributed by atoms with van der Waals surface area (Å²) in [5.74, 6) is -0.235. The molecule has 1 aromatic carbocycles. The van der Waals surface area contributed by atoms with E-state index in [-0.39, 0.29) is 37.2 Å². The van der Waals surface area contributed by atoms with Gasteiger partial charge in [0.15, 0.2) is 0 Å². The highest BCUT2D eigenvalue weighted by atomic mass is 35.5. The first-order chi connectivity index (χ1) is 13.6. The number of nitrogens with zero attached hydrogens (tertiary/aromatic N) is 1. The van der Waals surface area contributed by atoms with Gasteiger partial charge in [-0.25, -0.2) is 4.79 Å². The minimum Gasteiger partial charge on any atom is -0.495 e. The standard InChI is InChI=1S/C18H26N4O6.ClH/c1-26-15-12-13(17(24)20-6-9-28-11-10-27-8-5-19)2-3-14(15)22-7-4-16(23)21-18(22)25;/h2-3,12H,4-11,19H2,1H3,(H,20,24)(H,21,23,25);1H. The molecule has 4 N–H and O–H groups in total. The molecular weight excluding hydrogens is 404 g/mol. The largest absolute Gasteiger partial charge is 0.495 e. The number of urea groups is 1. The van der Waals surface area contributed by atoms with Crippen LogP contribution in [0, 0.1) is 0 Å². The summed E-state index contributed by atoms with van der Waals surface area (Å²) in [5.41, 5.74) is 6.19. The Kier molecular flexibility index (Phi) is 11.0. The summed E-state index contributed by atoms with van der Waals surface area (Å²) in [4.78, 5) is 37.0. The lowest BCUT2D eigenvalue weighted by Gasteiger charge is -2.28. The number of methoxy groups -OCH3 is 1. The number of carbonyl (C=O) groups is 3. The normalized spacial score (nSPS) is 13.5. The van der Waals surface area contributed by atoms with E-state index in [4.69, 9.17) is 19.9 Å². The van der Waals surface area contributed by atoms with Crippen molar-refractivity contribution in [3.8, 4) is 5.75 Å². The number of nitrogens with one attached hydrogen (secondary N) is 2. The van der Waals surface area contributed by atoms with Crippen LogP contribution < -0.4 is 26.0 Å². The first kappa shape index (κ1) is 24.6. The molecule has 1 aliphatic rings. The van der Waals surface area contributed by atoms with Crippen LogP contribution in [0.15, 0.2) is 18.2 Å². The topological polar surface area (TPSA) is 132 Å². The van der Waals surface area contributed by atoms with Gasteiger partial charge in [0.2, 0.25) is 5.91 Å². The molecule has 1 fully saturated rings. The third kappa shape index (κ3) is 7.50. The highest BCUT2D eigenvalue weighted by Crippen LogP contribution is 2.30. The predicted molar refractivity (Wildman–Crippen MR) is 109 cm³/mol. The van der Waals surface area contributed by atoms with Crippen LogP contribution in [0.3, 0.4) is 0 Å². The van der Waals surface area contributed by atoms with E-state index in [2.05, 4.69) is 10.6 Å². The van der Waals surface area contributed by atoms with Gasteiger partial charge < -0.3 is 25.3 Å². The van der Waals surface area contributed by atoms with E-state index in [9.17, 15) is 14.4 Å². The fourth-order valence-corrected chi connectivity index (χ4v) is 2.58. The van der Waals surface area contributed by atoms with Crippen molar-refractivity contribution in [3.05, 3.63) is 23.8 Å². The molecule has 29 heavy (non-hydrogen) atoms. The van der Waals surface area contributed by atoms with E-state index < -0.39 is 6.03 Å². The molecule has 2 rings (SSSR count). The molecule has 162 valence electrons. The number of anilines is 1. The van der Waals surface area contributed by atoms with E-state index in [1.165, 1.54) is 12.0 Å². The van der Waals surface area contributed by atoms with Gasteiger partial charge in [0.25, 0.3) is 5.91 Å². The average Bonchev–Trinajstić information content (AvgIpc) is 2.69. The number of amides is 4. The zero-order valence-electron chi connectivity index (χ0n) is 16.3. The number of halogens is 1. The number of carbonyl (C=O) groups excluding carboxylic acids is 3. The van der Waals surface area contributed by atoms with Gasteiger partial charge in [-0.2, -0.15) is 0 Å². The van der Waals surface area contributed by atoms with Gasteiger partial charge >= 0.3 is 6.03 Å². The van der Waals surface area contributed by atoms with Crippen molar-refractivity contribution in [2.75, 3.05) is 58.1 Å². The van der Waals surface area contributed by atoms with Gasteiger partial charge in [-0.1, -0.05) is 0 Å². The van der Waals surface area contributed by atoms with Crippen molar-refractivity contribution in [2.24, 2.45) is 5.73 Å². The van der Waals surface area contributed by atoms with Crippen LogP contribution in [-0.4, -0.2) is 71.0 Å². The molecule has 4 amide bonds. The highest BCUT2D eigenvalue weighted by molar-refractivity contribution is 6.06. The van der Waals surface area contributed by atoms with Crippen LogP contribution in [0.4, 0.5) is 10.5 Å². The summed E-state index contributed by atoms with van der Waals surface area (Å²) in [5, 5.41) is 5.00. The maximum Gasteiger partial charge on any atom is 0.328 e. The first-order valence-electron chi connectivity index (χ1n) is 9.00. The van der Waals surface area contributed by atoms with Crippen LogP contribution in [0.1, 0.15) is 16.8 Å². The summed E-state index contributed by atoms with van der Waals surface area (Å²) in [6.45, 7) is 2.80. The maximum absolute atomic E-state index is 12.3. The number of nitrogens with two attached hydrogens (primary N) is 1. The van der Waals surface area contributed by atoms with Crippen molar-refractivity contribution < 1.29 is 28.6 Å². The molecule has 0 aliphatic carbocycles. The van der Waals surface area contributed by atoms with Crippen LogP contribution in [0.25, 0.3) is 0 Å². The predicted octanol–water partition coefficient (Wildman–Crippen LogP) is 0.285. The van der Waals surface area contributed by atoms with Gasteiger partial charge in [0.05, 0.1) is 39.2 Å². The molecule has 0 unspecified atom stereocenters.